The molecule has 76 heavy (non-hydrogen) atoms. The van der Waals surface area contributed by atoms with Gasteiger partial charge in [0.1, 0.15) is 13.2 Å². The third kappa shape index (κ3) is 60.4. The van der Waals surface area contributed by atoms with Gasteiger partial charge < -0.3 is 14.2 Å². The van der Waals surface area contributed by atoms with E-state index in [0.717, 1.165) is 141 Å². The summed E-state index contributed by atoms with van der Waals surface area (Å²) in [7, 11) is 0. The Bertz CT molecular complexity index is 1630. The summed E-state index contributed by atoms with van der Waals surface area (Å²) in [6, 6.07) is 0. The quantitative estimate of drug-likeness (QED) is 0.0261. The number of allylic oxidation sites excluding steroid dienone is 22. The lowest BCUT2D eigenvalue weighted by atomic mass is 10.0. The van der Waals surface area contributed by atoms with Gasteiger partial charge in [-0.2, -0.15) is 0 Å². The lowest BCUT2D eigenvalue weighted by Gasteiger charge is -2.18. The minimum Gasteiger partial charge on any atom is -0.462 e. The Labute approximate surface area is 468 Å². The molecule has 0 aromatic heterocycles. The first-order valence-electron chi connectivity index (χ1n) is 31.2. The van der Waals surface area contributed by atoms with Crippen molar-refractivity contribution in [3.8, 4) is 0 Å². The predicted molar refractivity (Wildman–Crippen MR) is 329 cm³/mol. The van der Waals surface area contributed by atoms with Gasteiger partial charge >= 0.3 is 17.9 Å². The maximum atomic E-state index is 12.9. The average molecular weight is 1050 g/mol. The number of esters is 3. The van der Waals surface area contributed by atoms with E-state index in [4.69, 9.17) is 14.2 Å². The summed E-state index contributed by atoms with van der Waals surface area (Å²) < 4.78 is 16.9. The second-order valence-electron chi connectivity index (χ2n) is 20.2. The molecule has 1 unspecified atom stereocenters. The van der Waals surface area contributed by atoms with Crippen LogP contribution < -0.4 is 0 Å². The fraction of sp³-hybridized carbons (Fsp3) is 0.643. The zero-order valence-corrected chi connectivity index (χ0v) is 49.2. The molecule has 6 nitrogen and oxygen atoms in total. The highest BCUT2D eigenvalue weighted by atomic mass is 16.6. The van der Waals surface area contributed by atoms with Gasteiger partial charge in [0.15, 0.2) is 6.10 Å². The van der Waals surface area contributed by atoms with E-state index < -0.39 is 6.10 Å². The molecule has 6 heteroatoms. The van der Waals surface area contributed by atoms with Gasteiger partial charge in [0.2, 0.25) is 0 Å². The first-order chi connectivity index (χ1) is 37.5. The fourth-order valence-corrected chi connectivity index (χ4v) is 8.30. The summed E-state index contributed by atoms with van der Waals surface area (Å²) in [4.78, 5) is 38.3. The zero-order chi connectivity index (χ0) is 55.0. The van der Waals surface area contributed by atoms with Crippen LogP contribution in [0.2, 0.25) is 0 Å². The molecule has 0 bridgehead atoms. The van der Waals surface area contributed by atoms with Gasteiger partial charge in [-0.3, -0.25) is 14.4 Å². The number of hydrogen-bond acceptors (Lipinski definition) is 6. The van der Waals surface area contributed by atoms with E-state index in [2.05, 4.69) is 154 Å². The fourth-order valence-electron chi connectivity index (χ4n) is 8.30. The van der Waals surface area contributed by atoms with Gasteiger partial charge in [0.25, 0.3) is 0 Å². The first kappa shape index (κ1) is 71.5. The second kappa shape index (κ2) is 63.1. The topological polar surface area (TPSA) is 78.9 Å². The highest BCUT2D eigenvalue weighted by Gasteiger charge is 2.19. The summed E-state index contributed by atoms with van der Waals surface area (Å²) in [6.07, 6.45) is 88.7. The molecule has 0 saturated carbocycles. The van der Waals surface area contributed by atoms with Crippen molar-refractivity contribution in [1.29, 1.82) is 0 Å². The van der Waals surface area contributed by atoms with Crippen molar-refractivity contribution in [2.24, 2.45) is 0 Å². The van der Waals surface area contributed by atoms with Crippen LogP contribution in [0.15, 0.2) is 134 Å². The van der Waals surface area contributed by atoms with Crippen LogP contribution in [-0.4, -0.2) is 37.2 Å². The van der Waals surface area contributed by atoms with Crippen LogP contribution in [0, 0.1) is 0 Å². The van der Waals surface area contributed by atoms with Crippen molar-refractivity contribution in [2.75, 3.05) is 13.2 Å². The summed E-state index contributed by atoms with van der Waals surface area (Å²) in [5.41, 5.74) is 0. The maximum Gasteiger partial charge on any atom is 0.306 e. The Hall–Kier alpha value is -4.45. The molecular formula is C70H114O6. The van der Waals surface area contributed by atoms with Crippen LogP contribution in [0.1, 0.15) is 271 Å². The summed E-state index contributed by atoms with van der Waals surface area (Å²) in [5, 5.41) is 0. The maximum absolute atomic E-state index is 12.9. The van der Waals surface area contributed by atoms with Crippen LogP contribution in [0.25, 0.3) is 0 Å². The number of carbonyl (C=O) groups excluding carboxylic acids is 3. The van der Waals surface area contributed by atoms with Crippen molar-refractivity contribution in [1.82, 2.24) is 0 Å². The van der Waals surface area contributed by atoms with E-state index in [-0.39, 0.29) is 31.1 Å². The smallest absolute Gasteiger partial charge is 0.306 e. The Morgan fingerprint density at radius 3 is 0.816 bits per heavy atom. The van der Waals surface area contributed by atoms with Gasteiger partial charge in [-0.05, 0) is 116 Å². The molecule has 0 aliphatic heterocycles. The average Bonchev–Trinajstić information content (AvgIpc) is 3.42. The molecule has 0 aromatic rings. The number of ether oxygens (including phenoxy) is 3. The van der Waals surface area contributed by atoms with Crippen LogP contribution >= 0.6 is 0 Å². The molecule has 0 aromatic carbocycles. The van der Waals surface area contributed by atoms with Crippen molar-refractivity contribution >= 4 is 17.9 Å². The molecule has 430 valence electrons. The molecule has 0 radical (unpaired) electrons. The van der Waals surface area contributed by atoms with Crippen molar-refractivity contribution < 1.29 is 28.6 Å². The Kier molecular flexibility index (Phi) is 59.4. The number of carbonyl (C=O) groups is 3. The van der Waals surface area contributed by atoms with Crippen molar-refractivity contribution in [2.45, 2.75) is 277 Å². The molecule has 0 aliphatic rings. The normalized spacial score (nSPS) is 13.0. The number of unbranched alkanes of at least 4 members (excludes halogenated alkanes) is 22. The molecule has 0 saturated heterocycles. The SMILES string of the molecule is CC/C=C\C/C=C\C/C=C\C/C=C\C/C=C\C/C=C\C/C=C\CCCCCC(=O)OCC(COC(=O)CCCCCCCCCCCCCC)OC(=O)CCCCCCCCCC/C=C\C/C=C\C/C=C\C/C=C\CC. The molecular weight excluding hydrogens is 937 g/mol. The van der Waals surface area contributed by atoms with E-state index in [1.807, 2.05) is 0 Å². The summed E-state index contributed by atoms with van der Waals surface area (Å²) in [6.45, 7) is 6.38. The van der Waals surface area contributed by atoms with Gasteiger partial charge in [-0.25, -0.2) is 0 Å². The van der Waals surface area contributed by atoms with E-state index >= 15 is 0 Å². The molecule has 0 spiro atoms. The summed E-state index contributed by atoms with van der Waals surface area (Å²) in [5.74, 6) is -0.935. The van der Waals surface area contributed by atoms with Crippen molar-refractivity contribution in [3.63, 3.8) is 0 Å². The van der Waals surface area contributed by atoms with Crippen LogP contribution in [-0.2, 0) is 28.6 Å². The Morgan fingerprint density at radius 2 is 0.513 bits per heavy atom. The van der Waals surface area contributed by atoms with Crippen LogP contribution in [0.3, 0.4) is 0 Å². The third-order valence-corrected chi connectivity index (χ3v) is 12.9. The molecule has 0 rings (SSSR count). The van der Waals surface area contributed by atoms with Gasteiger partial charge in [0, 0.05) is 19.3 Å². The lowest BCUT2D eigenvalue weighted by Crippen LogP contribution is -2.30. The third-order valence-electron chi connectivity index (χ3n) is 12.9. The molecule has 0 fully saturated rings. The van der Waals surface area contributed by atoms with Crippen LogP contribution in [0.4, 0.5) is 0 Å². The standard InChI is InChI=1S/C70H114O6/c1-4-7-10-13-16-19-22-25-27-29-31-33-34-35-36-38-39-41-43-45-48-51-54-57-60-63-69(72)75-66-67(65-74-68(71)62-59-56-53-50-47-24-21-18-15-12-9-6-3)76-70(73)64-61-58-55-52-49-46-44-42-40-37-32-30-28-26-23-20-17-14-11-8-5-2/h7-8,10-11,16-17,19-20,25-28,31-33,35-37,39,41,45,48,67H,4-6,9,12-15,18,21-24,29-30,34,38,40,42-44,46-47,49-66H2,1-3H3/b10-7-,11-8-,19-16-,20-17-,27-25-,28-26-,33-31-,36-35-,37-32-,41-39-,48-45-. The zero-order valence-electron chi connectivity index (χ0n) is 49.2. The second-order valence-corrected chi connectivity index (χ2v) is 20.2. The van der Waals surface area contributed by atoms with E-state index in [1.165, 1.54) is 89.9 Å². The lowest BCUT2D eigenvalue weighted by molar-refractivity contribution is -0.167. The number of rotatable bonds is 55. The molecule has 1 atom stereocenters. The monoisotopic (exact) mass is 1050 g/mol. The molecule has 0 N–H and O–H groups in total. The van der Waals surface area contributed by atoms with Gasteiger partial charge in [-0.15, -0.1) is 0 Å². The largest absolute Gasteiger partial charge is 0.462 e. The highest BCUT2D eigenvalue weighted by Crippen LogP contribution is 2.15. The van der Waals surface area contributed by atoms with E-state index in [1.54, 1.807) is 0 Å². The first-order valence-corrected chi connectivity index (χ1v) is 31.2. The van der Waals surface area contributed by atoms with Crippen molar-refractivity contribution in [3.05, 3.63) is 134 Å². The number of hydrogen-bond donors (Lipinski definition) is 0. The molecule has 0 aliphatic carbocycles. The molecule has 0 amide bonds. The Balaban J connectivity index is 4.43. The summed E-state index contributed by atoms with van der Waals surface area (Å²) >= 11 is 0. The van der Waals surface area contributed by atoms with Gasteiger partial charge in [0.05, 0.1) is 0 Å². The minimum absolute atomic E-state index is 0.0940. The Morgan fingerprint density at radius 1 is 0.276 bits per heavy atom. The van der Waals surface area contributed by atoms with E-state index in [0.29, 0.717) is 19.3 Å². The van der Waals surface area contributed by atoms with Gasteiger partial charge in [-0.1, -0.05) is 270 Å². The minimum atomic E-state index is -0.801. The van der Waals surface area contributed by atoms with Crippen LogP contribution in [0.5, 0.6) is 0 Å². The van der Waals surface area contributed by atoms with E-state index in [9.17, 15) is 14.4 Å². The molecule has 0 heterocycles. The predicted octanol–water partition coefficient (Wildman–Crippen LogP) is 21.4. The highest BCUT2D eigenvalue weighted by molar-refractivity contribution is 5.71.